The van der Waals surface area contributed by atoms with Gasteiger partial charge in [0.15, 0.2) is 0 Å². The summed E-state index contributed by atoms with van der Waals surface area (Å²) in [6.45, 7) is 4.74. The Bertz CT molecular complexity index is 431. The molecule has 0 aromatic heterocycles. The van der Waals surface area contributed by atoms with E-state index in [1.807, 2.05) is 18.7 Å². The van der Waals surface area contributed by atoms with Gasteiger partial charge in [-0.05, 0) is 71.6 Å². The third-order valence-electron chi connectivity index (χ3n) is 4.41. The molecule has 0 spiro atoms. The van der Waals surface area contributed by atoms with Gasteiger partial charge in [-0.15, -0.1) is 0 Å². The molecule has 2 aliphatic rings. The molecule has 2 aliphatic carbocycles. The number of amides is 1. The summed E-state index contributed by atoms with van der Waals surface area (Å²) < 4.78 is -0.480. The first-order chi connectivity index (χ1) is 9.98. The maximum Gasteiger partial charge on any atom is 0.243 e. The molecule has 3 heteroatoms. The van der Waals surface area contributed by atoms with E-state index in [9.17, 15) is 4.79 Å². The van der Waals surface area contributed by atoms with Crippen molar-refractivity contribution >= 4 is 21.8 Å². The molecule has 21 heavy (non-hydrogen) atoms. The Morgan fingerprint density at radius 2 is 1.81 bits per heavy atom. The highest BCUT2D eigenvalue weighted by Crippen LogP contribution is 2.28. The SMILES string of the molecule is CC(C)(Br)C(=O)N(CCC1=CCCCC1)C1=CCCCC1. The van der Waals surface area contributed by atoms with Crippen LogP contribution in [0.3, 0.4) is 0 Å². The average Bonchev–Trinajstić information content (AvgIpc) is 2.48. The maximum atomic E-state index is 12.8. The summed E-state index contributed by atoms with van der Waals surface area (Å²) in [5.41, 5.74) is 2.79. The molecule has 2 rings (SSSR count). The highest BCUT2D eigenvalue weighted by Gasteiger charge is 2.31. The summed E-state index contributed by atoms with van der Waals surface area (Å²) in [7, 11) is 0. The third kappa shape index (κ3) is 4.98. The molecule has 0 heterocycles. The first-order valence-corrected chi connectivity index (χ1v) is 9.15. The predicted octanol–water partition coefficient (Wildman–Crippen LogP) is 5.34. The van der Waals surface area contributed by atoms with Crippen LogP contribution in [0.25, 0.3) is 0 Å². The highest BCUT2D eigenvalue weighted by molar-refractivity contribution is 9.10. The van der Waals surface area contributed by atoms with Crippen molar-refractivity contribution in [2.75, 3.05) is 6.54 Å². The van der Waals surface area contributed by atoms with Crippen molar-refractivity contribution in [2.45, 2.75) is 76.0 Å². The minimum Gasteiger partial charge on any atom is -0.315 e. The molecule has 0 radical (unpaired) electrons. The van der Waals surface area contributed by atoms with Crippen LogP contribution in [0.1, 0.15) is 71.6 Å². The lowest BCUT2D eigenvalue weighted by atomic mass is 9.96. The topological polar surface area (TPSA) is 20.3 Å². The van der Waals surface area contributed by atoms with E-state index >= 15 is 0 Å². The Kier molecular flexibility index (Phi) is 6.09. The lowest BCUT2D eigenvalue weighted by Gasteiger charge is -2.32. The lowest BCUT2D eigenvalue weighted by molar-refractivity contribution is -0.131. The summed E-state index contributed by atoms with van der Waals surface area (Å²) in [4.78, 5) is 14.8. The van der Waals surface area contributed by atoms with Crippen LogP contribution in [0.2, 0.25) is 0 Å². The van der Waals surface area contributed by atoms with Gasteiger partial charge in [0.05, 0.1) is 4.32 Å². The van der Waals surface area contributed by atoms with Gasteiger partial charge in [-0.25, -0.2) is 0 Å². The molecule has 0 bridgehead atoms. The molecule has 0 saturated heterocycles. The number of hydrogen-bond acceptors (Lipinski definition) is 1. The van der Waals surface area contributed by atoms with Gasteiger partial charge < -0.3 is 4.90 Å². The number of allylic oxidation sites excluding steroid dienone is 3. The highest BCUT2D eigenvalue weighted by atomic mass is 79.9. The molecule has 0 aromatic rings. The van der Waals surface area contributed by atoms with Crippen LogP contribution in [0.15, 0.2) is 23.4 Å². The van der Waals surface area contributed by atoms with E-state index in [1.54, 1.807) is 5.57 Å². The van der Waals surface area contributed by atoms with E-state index in [0.29, 0.717) is 0 Å². The van der Waals surface area contributed by atoms with Crippen molar-refractivity contribution < 1.29 is 4.79 Å². The van der Waals surface area contributed by atoms with Crippen molar-refractivity contribution in [2.24, 2.45) is 0 Å². The molecular formula is C18H28BrNO. The Labute approximate surface area is 137 Å². The summed E-state index contributed by atoms with van der Waals surface area (Å²) in [6, 6.07) is 0. The van der Waals surface area contributed by atoms with Crippen LogP contribution >= 0.6 is 15.9 Å². The van der Waals surface area contributed by atoms with E-state index in [0.717, 1.165) is 25.8 Å². The number of carbonyl (C=O) groups excluding carboxylic acids is 1. The van der Waals surface area contributed by atoms with Crippen molar-refractivity contribution in [1.82, 2.24) is 4.90 Å². The zero-order valence-electron chi connectivity index (χ0n) is 13.5. The number of carbonyl (C=O) groups is 1. The van der Waals surface area contributed by atoms with Crippen LogP contribution in [0, 0.1) is 0 Å². The summed E-state index contributed by atoms with van der Waals surface area (Å²) in [5.74, 6) is 0.201. The minimum absolute atomic E-state index is 0.201. The maximum absolute atomic E-state index is 12.8. The van der Waals surface area contributed by atoms with Gasteiger partial charge in [-0.1, -0.05) is 33.7 Å². The second-order valence-corrected chi connectivity index (χ2v) is 8.71. The van der Waals surface area contributed by atoms with Crippen LogP contribution < -0.4 is 0 Å². The zero-order chi connectivity index (χ0) is 15.3. The molecule has 2 nitrogen and oxygen atoms in total. The summed E-state index contributed by atoms with van der Waals surface area (Å²) >= 11 is 3.54. The lowest BCUT2D eigenvalue weighted by Crippen LogP contribution is -2.42. The Hall–Kier alpha value is -0.570. The van der Waals surface area contributed by atoms with Crippen molar-refractivity contribution in [3.63, 3.8) is 0 Å². The second-order valence-electron chi connectivity index (χ2n) is 6.73. The fourth-order valence-corrected chi connectivity index (χ4v) is 3.36. The van der Waals surface area contributed by atoms with E-state index < -0.39 is 4.32 Å². The van der Waals surface area contributed by atoms with E-state index in [-0.39, 0.29) is 5.91 Å². The van der Waals surface area contributed by atoms with Crippen molar-refractivity contribution in [3.05, 3.63) is 23.4 Å². The number of hydrogen-bond donors (Lipinski definition) is 0. The smallest absolute Gasteiger partial charge is 0.243 e. The number of alkyl halides is 1. The van der Waals surface area contributed by atoms with Gasteiger partial charge in [0.1, 0.15) is 0 Å². The second kappa shape index (κ2) is 7.62. The van der Waals surface area contributed by atoms with Crippen molar-refractivity contribution in [3.8, 4) is 0 Å². The first kappa shape index (κ1) is 16.8. The van der Waals surface area contributed by atoms with Gasteiger partial charge in [0, 0.05) is 12.2 Å². The fourth-order valence-electron chi connectivity index (χ4n) is 3.15. The molecule has 0 fully saturated rings. The van der Waals surface area contributed by atoms with Gasteiger partial charge in [0.2, 0.25) is 5.91 Å². The quantitative estimate of drug-likeness (QED) is 0.482. The Balaban J connectivity index is 2.06. The number of halogens is 1. The number of nitrogens with zero attached hydrogens (tertiary/aromatic N) is 1. The molecule has 0 saturated carbocycles. The number of rotatable bonds is 5. The average molecular weight is 354 g/mol. The standard InChI is InChI=1S/C18H28BrNO/c1-18(2,19)17(21)20(16-11-7-4-8-12-16)14-13-15-9-5-3-6-10-15/h9,11H,3-8,10,12-14H2,1-2H3. The van der Waals surface area contributed by atoms with E-state index in [2.05, 4.69) is 28.1 Å². The molecule has 0 aromatic carbocycles. The van der Waals surface area contributed by atoms with Crippen molar-refractivity contribution in [1.29, 1.82) is 0 Å². The third-order valence-corrected chi connectivity index (χ3v) is 4.75. The van der Waals surface area contributed by atoms with Crippen LogP contribution in [0.5, 0.6) is 0 Å². The van der Waals surface area contributed by atoms with E-state index in [4.69, 9.17) is 0 Å². The van der Waals surface area contributed by atoms with Gasteiger partial charge in [0.25, 0.3) is 0 Å². The summed E-state index contributed by atoms with van der Waals surface area (Å²) in [5, 5.41) is 0. The first-order valence-electron chi connectivity index (χ1n) is 8.36. The van der Waals surface area contributed by atoms with E-state index in [1.165, 1.54) is 44.2 Å². The van der Waals surface area contributed by atoms with Crippen LogP contribution in [-0.4, -0.2) is 21.7 Å². The monoisotopic (exact) mass is 353 g/mol. The largest absolute Gasteiger partial charge is 0.315 e. The molecule has 0 atom stereocenters. The summed E-state index contributed by atoms with van der Waals surface area (Å²) in [6.07, 6.45) is 15.4. The molecular weight excluding hydrogens is 326 g/mol. The minimum atomic E-state index is -0.480. The molecule has 1 amide bonds. The van der Waals surface area contributed by atoms with Gasteiger partial charge in [-0.2, -0.15) is 0 Å². The van der Waals surface area contributed by atoms with Gasteiger partial charge >= 0.3 is 0 Å². The van der Waals surface area contributed by atoms with Crippen LogP contribution in [-0.2, 0) is 4.79 Å². The van der Waals surface area contributed by atoms with Crippen LogP contribution in [0.4, 0.5) is 0 Å². The predicted molar refractivity (Wildman–Crippen MR) is 92.4 cm³/mol. The molecule has 0 aliphatic heterocycles. The van der Waals surface area contributed by atoms with Gasteiger partial charge in [-0.3, -0.25) is 4.79 Å². The normalized spacial score (nSPS) is 19.8. The molecule has 118 valence electrons. The fraction of sp³-hybridized carbons (Fsp3) is 0.722. The molecule has 0 N–H and O–H groups in total. The zero-order valence-corrected chi connectivity index (χ0v) is 15.0. The Morgan fingerprint density at radius 1 is 1.14 bits per heavy atom. The Morgan fingerprint density at radius 3 is 2.33 bits per heavy atom. The molecule has 0 unspecified atom stereocenters.